The lowest BCUT2D eigenvalue weighted by Crippen LogP contribution is -2.63. The number of aliphatic hydroxyl groups is 1. The number of pyridine rings is 2. The number of ether oxygens (including phenoxy) is 1. The Balaban J connectivity index is 1.40. The fourth-order valence-electron chi connectivity index (χ4n) is 4.99. The minimum absolute atomic E-state index is 0.0499. The summed E-state index contributed by atoms with van der Waals surface area (Å²) in [5.74, 6) is 1.00. The molecule has 156 valence electrons. The van der Waals surface area contributed by atoms with Gasteiger partial charge >= 0.3 is 6.18 Å². The van der Waals surface area contributed by atoms with E-state index in [1.165, 1.54) is 12.3 Å². The highest BCUT2D eigenvalue weighted by atomic mass is 19.4. The minimum Gasteiger partial charge on any atom is -0.496 e. The lowest BCUT2D eigenvalue weighted by Gasteiger charge is -2.61. The molecule has 1 aliphatic carbocycles. The molecule has 2 aromatic rings. The summed E-state index contributed by atoms with van der Waals surface area (Å²) in [5.41, 5.74) is 0.932. The van der Waals surface area contributed by atoms with Crippen molar-refractivity contribution in [2.24, 2.45) is 11.3 Å². The Morgan fingerprint density at radius 2 is 1.93 bits per heavy atom. The molecule has 2 aromatic heterocycles. The normalized spacial score (nSPS) is 20.7. The largest absolute Gasteiger partial charge is 0.496 e. The molecule has 2 unspecified atom stereocenters. The van der Waals surface area contributed by atoms with Gasteiger partial charge in [0.05, 0.1) is 25.1 Å². The second-order valence-corrected chi connectivity index (χ2v) is 8.31. The van der Waals surface area contributed by atoms with Crippen LogP contribution in [0.2, 0.25) is 0 Å². The average Bonchev–Trinajstić information content (AvgIpc) is 2.61. The number of aromatic nitrogens is 2. The van der Waals surface area contributed by atoms with E-state index in [1.54, 1.807) is 26.4 Å². The SMILES string of the molecule is COc1ccncc1C(C(C)O)C1CC2(C1)CN(c1ccc(C(F)(F)F)nc1)C2. The van der Waals surface area contributed by atoms with Crippen LogP contribution in [0, 0.1) is 11.3 Å². The molecule has 1 N–H and O–H groups in total. The lowest BCUT2D eigenvalue weighted by atomic mass is 9.53. The number of halogens is 3. The number of hydrogen-bond acceptors (Lipinski definition) is 5. The summed E-state index contributed by atoms with van der Waals surface area (Å²) in [6.45, 7) is 3.39. The Morgan fingerprint density at radius 3 is 2.48 bits per heavy atom. The average molecular weight is 407 g/mol. The summed E-state index contributed by atoms with van der Waals surface area (Å²) >= 11 is 0. The minimum atomic E-state index is -4.42. The monoisotopic (exact) mass is 407 g/mol. The molecule has 0 radical (unpaired) electrons. The third-order valence-corrected chi connectivity index (χ3v) is 6.26. The van der Waals surface area contributed by atoms with Crippen molar-refractivity contribution >= 4 is 5.69 Å². The van der Waals surface area contributed by atoms with Gasteiger partial charge < -0.3 is 14.7 Å². The van der Waals surface area contributed by atoms with Gasteiger partial charge in [-0.25, -0.2) is 4.98 Å². The van der Waals surface area contributed by atoms with Crippen LogP contribution in [0.15, 0.2) is 36.8 Å². The highest BCUT2D eigenvalue weighted by Crippen LogP contribution is 2.58. The van der Waals surface area contributed by atoms with Crippen LogP contribution < -0.4 is 9.64 Å². The van der Waals surface area contributed by atoms with Crippen molar-refractivity contribution in [2.75, 3.05) is 25.1 Å². The van der Waals surface area contributed by atoms with Gasteiger partial charge in [-0.2, -0.15) is 13.2 Å². The molecule has 8 heteroatoms. The Kier molecular flexibility index (Phi) is 4.93. The summed E-state index contributed by atoms with van der Waals surface area (Å²) in [4.78, 5) is 9.81. The van der Waals surface area contributed by atoms with Gasteiger partial charge in [-0.3, -0.25) is 4.98 Å². The van der Waals surface area contributed by atoms with Crippen molar-refractivity contribution in [3.05, 3.63) is 48.0 Å². The predicted molar refractivity (Wildman–Crippen MR) is 102 cm³/mol. The lowest BCUT2D eigenvalue weighted by molar-refractivity contribution is -0.141. The number of nitrogens with zero attached hydrogens (tertiary/aromatic N) is 3. The molecule has 0 aromatic carbocycles. The Hall–Kier alpha value is -2.35. The molecule has 3 heterocycles. The second-order valence-electron chi connectivity index (χ2n) is 8.31. The standard InChI is InChI=1S/C21H24F3N3O2/c1-13(28)19(16-10-25-6-5-17(16)29-2)14-7-20(8-14)11-27(12-20)15-3-4-18(26-9-15)21(22,23)24/h3-6,9-10,13-14,19,28H,7-8,11-12H2,1-2H3. The highest BCUT2D eigenvalue weighted by molar-refractivity contribution is 5.49. The second kappa shape index (κ2) is 7.16. The molecule has 2 aliphatic rings. The summed E-state index contributed by atoms with van der Waals surface area (Å²) in [7, 11) is 1.61. The molecule has 2 fully saturated rings. The summed E-state index contributed by atoms with van der Waals surface area (Å²) in [5, 5.41) is 10.4. The number of alkyl halides is 3. The van der Waals surface area contributed by atoms with Gasteiger partial charge in [0.1, 0.15) is 11.4 Å². The maximum Gasteiger partial charge on any atom is 0.433 e. The van der Waals surface area contributed by atoms with E-state index >= 15 is 0 Å². The van der Waals surface area contributed by atoms with Crippen LogP contribution in [0.25, 0.3) is 0 Å². The fourth-order valence-corrected chi connectivity index (χ4v) is 4.99. The van der Waals surface area contributed by atoms with Crippen molar-refractivity contribution in [1.82, 2.24) is 9.97 Å². The fraction of sp³-hybridized carbons (Fsp3) is 0.524. The van der Waals surface area contributed by atoms with Crippen LogP contribution >= 0.6 is 0 Å². The van der Waals surface area contributed by atoms with Crippen molar-refractivity contribution in [1.29, 1.82) is 0 Å². The van der Waals surface area contributed by atoms with Crippen LogP contribution in [0.1, 0.15) is 36.9 Å². The maximum atomic E-state index is 12.7. The quantitative estimate of drug-likeness (QED) is 0.815. The number of rotatable bonds is 5. The molecule has 5 nitrogen and oxygen atoms in total. The van der Waals surface area contributed by atoms with Gasteiger partial charge in [0.2, 0.25) is 0 Å². The molecule has 1 saturated heterocycles. The number of aliphatic hydroxyl groups excluding tert-OH is 1. The van der Waals surface area contributed by atoms with Crippen LogP contribution in [-0.4, -0.2) is 41.4 Å². The van der Waals surface area contributed by atoms with E-state index in [0.29, 0.717) is 11.6 Å². The zero-order valence-electron chi connectivity index (χ0n) is 16.4. The first-order valence-electron chi connectivity index (χ1n) is 9.67. The third kappa shape index (κ3) is 3.66. The van der Waals surface area contributed by atoms with E-state index in [2.05, 4.69) is 14.9 Å². The highest BCUT2D eigenvalue weighted by Gasteiger charge is 2.55. The van der Waals surface area contributed by atoms with E-state index in [-0.39, 0.29) is 11.3 Å². The molecule has 4 rings (SSSR count). The van der Waals surface area contributed by atoms with Gasteiger partial charge in [0.15, 0.2) is 0 Å². The van der Waals surface area contributed by atoms with Crippen LogP contribution in [0.3, 0.4) is 0 Å². The van der Waals surface area contributed by atoms with Crippen LogP contribution in [-0.2, 0) is 6.18 Å². The topological polar surface area (TPSA) is 58.5 Å². The van der Waals surface area contributed by atoms with Crippen molar-refractivity contribution in [3.8, 4) is 5.75 Å². The molecular weight excluding hydrogens is 383 g/mol. The molecule has 1 aliphatic heterocycles. The maximum absolute atomic E-state index is 12.7. The Morgan fingerprint density at radius 1 is 1.21 bits per heavy atom. The predicted octanol–water partition coefficient (Wildman–Crippen LogP) is 3.89. The van der Waals surface area contributed by atoms with Gasteiger partial charge in [0.25, 0.3) is 0 Å². The Labute approximate surface area is 167 Å². The Bertz CT molecular complexity index is 856. The van der Waals surface area contributed by atoms with E-state index < -0.39 is 18.0 Å². The van der Waals surface area contributed by atoms with E-state index in [9.17, 15) is 18.3 Å². The van der Waals surface area contributed by atoms with Gasteiger partial charge in [-0.15, -0.1) is 0 Å². The van der Waals surface area contributed by atoms with E-state index in [4.69, 9.17) is 4.74 Å². The number of methoxy groups -OCH3 is 1. The summed E-state index contributed by atoms with van der Waals surface area (Å²) in [6, 6.07) is 4.32. The molecule has 1 spiro atoms. The van der Waals surface area contributed by atoms with Gasteiger partial charge in [-0.1, -0.05) is 0 Å². The van der Waals surface area contributed by atoms with Crippen molar-refractivity contribution < 1.29 is 23.0 Å². The summed E-state index contributed by atoms with van der Waals surface area (Å²) in [6.07, 6.45) is 1.72. The van der Waals surface area contributed by atoms with E-state index in [0.717, 1.165) is 43.3 Å². The summed E-state index contributed by atoms with van der Waals surface area (Å²) < 4.78 is 43.5. The molecule has 0 amide bonds. The molecule has 1 saturated carbocycles. The van der Waals surface area contributed by atoms with Gasteiger partial charge in [0, 0.05) is 42.4 Å². The van der Waals surface area contributed by atoms with Crippen LogP contribution in [0.5, 0.6) is 5.75 Å². The van der Waals surface area contributed by atoms with Crippen molar-refractivity contribution in [3.63, 3.8) is 0 Å². The first-order valence-corrected chi connectivity index (χ1v) is 9.67. The van der Waals surface area contributed by atoms with Gasteiger partial charge in [-0.05, 0) is 43.9 Å². The van der Waals surface area contributed by atoms with Crippen molar-refractivity contribution in [2.45, 2.75) is 38.0 Å². The zero-order chi connectivity index (χ0) is 20.8. The first kappa shape index (κ1) is 19.9. The third-order valence-electron chi connectivity index (χ3n) is 6.26. The first-order chi connectivity index (χ1) is 13.7. The van der Waals surface area contributed by atoms with Crippen LogP contribution in [0.4, 0.5) is 18.9 Å². The molecule has 2 atom stereocenters. The molecule has 0 bridgehead atoms. The number of anilines is 1. The smallest absolute Gasteiger partial charge is 0.433 e. The molecule has 29 heavy (non-hydrogen) atoms. The number of hydrogen-bond donors (Lipinski definition) is 1. The van der Waals surface area contributed by atoms with E-state index in [1.807, 2.05) is 6.07 Å². The molecular formula is C21H24F3N3O2. The zero-order valence-corrected chi connectivity index (χ0v) is 16.4.